The van der Waals surface area contributed by atoms with E-state index in [-0.39, 0.29) is 6.61 Å². The first-order valence-corrected chi connectivity index (χ1v) is 4.64. The maximum absolute atomic E-state index is 8.53. The van der Waals surface area contributed by atoms with Crippen LogP contribution in [0.1, 0.15) is 19.3 Å². The highest BCUT2D eigenvalue weighted by Crippen LogP contribution is 1.95. The Labute approximate surface area is 79.3 Å². The van der Waals surface area contributed by atoms with Gasteiger partial charge in [0, 0.05) is 19.6 Å². The highest BCUT2D eigenvalue weighted by atomic mass is 16.2. The zero-order valence-corrected chi connectivity index (χ0v) is 7.71. The van der Waals surface area contributed by atoms with E-state index in [1.54, 1.807) is 0 Å². The standard InChI is InChI=1S/C11H15NO/c13-10-6-2-1-3-7-11-8-4-5-9-12-11/h4-5,8,12-13H,1-2,6,9-10H2. The molecule has 0 saturated carbocycles. The van der Waals surface area contributed by atoms with Crippen molar-refractivity contribution < 1.29 is 5.11 Å². The molecule has 0 saturated heterocycles. The topological polar surface area (TPSA) is 32.3 Å². The molecule has 0 bridgehead atoms. The Morgan fingerprint density at radius 2 is 2.38 bits per heavy atom. The molecule has 0 unspecified atom stereocenters. The van der Waals surface area contributed by atoms with E-state index in [1.165, 1.54) is 0 Å². The average Bonchev–Trinajstić information content (AvgIpc) is 2.19. The molecule has 0 spiro atoms. The van der Waals surface area contributed by atoms with Crippen molar-refractivity contribution in [3.05, 3.63) is 23.9 Å². The van der Waals surface area contributed by atoms with Gasteiger partial charge in [-0.3, -0.25) is 0 Å². The number of hydrogen-bond acceptors (Lipinski definition) is 2. The number of allylic oxidation sites excluding steroid dienone is 3. The third kappa shape index (κ3) is 4.39. The molecule has 0 atom stereocenters. The van der Waals surface area contributed by atoms with E-state index in [2.05, 4.69) is 23.2 Å². The van der Waals surface area contributed by atoms with Crippen LogP contribution in [0.4, 0.5) is 0 Å². The number of hydrogen-bond donors (Lipinski definition) is 2. The first kappa shape index (κ1) is 9.88. The molecule has 1 aliphatic rings. The first-order chi connectivity index (χ1) is 6.43. The number of unbranched alkanes of at least 4 members (excludes halogenated alkanes) is 2. The van der Waals surface area contributed by atoms with Gasteiger partial charge in [0.2, 0.25) is 0 Å². The summed E-state index contributed by atoms with van der Waals surface area (Å²) in [7, 11) is 0. The minimum absolute atomic E-state index is 0.269. The molecule has 0 aliphatic carbocycles. The molecule has 0 amide bonds. The normalized spacial score (nSPS) is 14.1. The van der Waals surface area contributed by atoms with Gasteiger partial charge in [0.15, 0.2) is 0 Å². The summed E-state index contributed by atoms with van der Waals surface area (Å²) in [6.07, 6.45) is 8.73. The molecule has 1 rings (SSSR count). The summed E-state index contributed by atoms with van der Waals surface area (Å²) in [5.41, 5.74) is 0.992. The number of aliphatic hydroxyl groups is 1. The van der Waals surface area contributed by atoms with E-state index in [1.807, 2.05) is 12.2 Å². The second-order valence-electron chi connectivity index (χ2n) is 2.87. The molecule has 0 aromatic carbocycles. The fourth-order valence-corrected chi connectivity index (χ4v) is 1.03. The van der Waals surface area contributed by atoms with Crippen LogP contribution in [0.25, 0.3) is 0 Å². The fourth-order valence-electron chi connectivity index (χ4n) is 1.03. The monoisotopic (exact) mass is 177 g/mol. The summed E-state index contributed by atoms with van der Waals surface area (Å²) in [6.45, 7) is 1.14. The molecular weight excluding hydrogens is 162 g/mol. The quantitative estimate of drug-likeness (QED) is 0.501. The summed E-state index contributed by atoms with van der Waals surface area (Å²) in [4.78, 5) is 0. The van der Waals surface area contributed by atoms with Crippen molar-refractivity contribution >= 4 is 0 Å². The molecule has 2 nitrogen and oxygen atoms in total. The molecule has 0 aromatic rings. The van der Waals surface area contributed by atoms with Gasteiger partial charge < -0.3 is 10.4 Å². The van der Waals surface area contributed by atoms with Crippen LogP contribution in [0, 0.1) is 11.8 Å². The Bertz CT molecular complexity index is 255. The van der Waals surface area contributed by atoms with Gasteiger partial charge in [-0.05, 0) is 24.8 Å². The summed E-state index contributed by atoms with van der Waals surface area (Å²) in [6, 6.07) is 0. The third-order valence-electron chi connectivity index (χ3n) is 1.74. The number of nitrogens with one attached hydrogen (secondary N) is 1. The molecule has 0 fully saturated rings. The van der Waals surface area contributed by atoms with E-state index >= 15 is 0 Å². The SMILES string of the molecule is OCCCCC#CC1=CC=CCN1. The van der Waals surface area contributed by atoms with E-state index < -0.39 is 0 Å². The smallest absolute Gasteiger partial charge is 0.0855 e. The molecule has 2 N–H and O–H groups in total. The van der Waals surface area contributed by atoms with Gasteiger partial charge in [0.1, 0.15) is 0 Å². The lowest BCUT2D eigenvalue weighted by molar-refractivity contribution is 0.285. The van der Waals surface area contributed by atoms with Crippen molar-refractivity contribution in [2.24, 2.45) is 0 Å². The Morgan fingerprint density at radius 1 is 1.46 bits per heavy atom. The summed E-state index contributed by atoms with van der Waals surface area (Å²) >= 11 is 0. The molecule has 1 heterocycles. The van der Waals surface area contributed by atoms with Crippen LogP contribution in [0.2, 0.25) is 0 Å². The summed E-state index contributed by atoms with van der Waals surface area (Å²) in [5, 5.41) is 11.7. The maximum atomic E-state index is 8.53. The third-order valence-corrected chi connectivity index (χ3v) is 1.74. The number of dihydropyridines is 1. The van der Waals surface area contributed by atoms with Crippen LogP contribution in [-0.4, -0.2) is 18.3 Å². The Morgan fingerprint density at radius 3 is 3.08 bits per heavy atom. The van der Waals surface area contributed by atoms with Crippen LogP contribution in [0.15, 0.2) is 23.9 Å². The van der Waals surface area contributed by atoms with Gasteiger partial charge in [-0.2, -0.15) is 0 Å². The Balaban J connectivity index is 2.22. The Kier molecular flexibility index (Phi) is 4.81. The van der Waals surface area contributed by atoms with Crippen molar-refractivity contribution in [2.45, 2.75) is 19.3 Å². The predicted molar refractivity (Wildman–Crippen MR) is 53.9 cm³/mol. The van der Waals surface area contributed by atoms with Crippen LogP contribution in [0.3, 0.4) is 0 Å². The summed E-state index contributed by atoms with van der Waals surface area (Å²) < 4.78 is 0. The van der Waals surface area contributed by atoms with Crippen molar-refractivity contribution in [1.29, 1.82) is 0 Å². The van der Waals surface area contributed by atoms with Crippen LogP contribution < -0.4 is 5.32 Å². The lowest BCUT2D eigenvalue weighted by Crippen LogP contribution is -2.13. The van der Waals surface area contributed by atoms with Crippen LogP contribution in [-0.2, 0) is 0 Å². The van der Waals surface area contributed by atoms with E-state index in [4.69, 9.17) is 5.11 Å². The highest BCUT2D eigenvalue weighted by molar-refractivity contribution is 5.32. The average molecular weight is 177 g/mol. The zero-order valence-electron chi connectivity index (χ0n) is 7.71. The second-order valence-corrected chi connectivity index (χ2v) is 2.87. The van der Waals surface area contributed by atoms with Gasteiger partial charge in [-0.25, -0.2) is 0 Å². The minimum Gasteiger partial charge on any atom is -0.396 e. The highest BCUT2D eigenvalue weighted by Gasteiger charge is 1.90. The van der Waals surface area contributed by atoms with Gasteiger partial charge in [-0.1, -0.05) is 18.1 Å². The molecule has 70 valence electrons. The van der Waals surface area contributed by atoms with E-state index in [0.717, 1.165) is 31.5 Å². The molecule has 0 aromatic heterocycles. The van der Waals surface area contributed by atoms with Crippen LogP contribution in [0.5, 0.6) is 0 Å². The van der Waals surface area contributed by atoms with E-state index in [9.17, 15) is 0 Å². The molecule has 2 heteroatoms. The molecule has 1 aliphatic heterocycles. The largest absolute Gasteiger partial charge is 0.396 e. The zero-order chi connectivity index (χ0) is 9.36. The van der Waals surface area contributed by atoms with Crippen molar-refractivity contribution in [3.8, 4) is 11.8 Å². The van der Waals surface area contributed by atoms with Gasteiger partial charge in [-0.15, -0.1) is 0 Å². The predicted octanol–water partition coefficient (Wildman–Crippen LogP) is 1.20. The lowest BCUT2D eigenvalue weighted by atomic mass is 10.2. The van der Waals surface area contributed by atoms with Crippen molar-refractivity contribution in [1.82, 2.24) is 5.32 Å². The molecular formula is C11H15NO. The van der Waals surface area contributed by atoms with Crippen molar-refractivity contribution in [3.63, 3.8) is 0 Å². The molecule has 13 heavy (non-hydrogen) atoms. The molecule has 0 radical (unpaired) electrons. The summed E-state index contributed by atoms with van der Waals surface area (Å²) in [5.74, 6) is 6.11. The first-order valence-electron chi connectivity index (χ1n) is 4.64. The maximum Gasteiger partial charge on any atom is 0.0855 e. The van der Waals surface area contributed by atoms with Crippen molar-refractivity contribution in [2.75, 3.05) is 13.2 Å². The van der Waals surface area contributed by atoms with E-state index in [0.29, 0.717) is 0 Å². The second kappa shape index (κ2) is 6.33. The number of rotatable bonds is 3. The van der Waals surface area contributed by atoms with Gasteiger partial charge in [0.25, 0.3) is 0 Å². The number of aliphatic hydroxyl groups excluding tert-OH is 1. The van der Waals surface area contributed by atoms with Crippen LogP contribution >= 0.6 is 0 Å². The fraction of sp³-hybridized carbons (Fsp3) is 0.455. The lowest BCUT2D eigenvalue weighted by Gasteiger charge is -2.04. The van der Waals surface area contributed by atoms with Gasteiger partial charge >= 0.3 is 0 Å². The Hall–Kier alpha value is -1.20. The van der Waals surface area contributed by atoms with Gasteiger partial charge in [0.05, 0.1) is 5.70 Å². The minimum atomic E-state index is 0.269.